The molecular weight excluding hydrogens is 1570 g/mol. The number of hydrogen-bond donors (Lipinski definition) is 0. The monoisotopic (exact) mass is 1660 g/mol. The molecular formula is C124H84N6. The highest BCUT2D eigenvalue weighted by atomic mass is 15.2. The second kappa shape index (κ2) is 32.7. The third-order valence-corrected chi connectivity index (χ3v) is 26.1. The molecule has 0 saturated carbocycles. The Bertz CT molecular complexity index is 8400. The zero-order chi connectivity index (χ0) is 86.0. The first kappa shape index (κ1) is 76.3. The molecule has 0 unspecified atom stereocenters. The van der Waals surface area contributed by atoms with Gasteiger partial charge in [0.15, 0.2) is 0 Å². The average molecular weight is 1660 g/mol. The number of fused-ring (bicyclic) bond motifs is 13. The summed E-state index contributed by atoms with van der Waals surface area (Å²) in [4.78, 5) is 4.78. The second-order valence-electron chi connectivity index (χ2n) is 33.5. The van der Waals surface area contributed by atoms with E-state index in [2.05, 4.69) is 538 Å². The normalized spacial score (nSPS) is 11.5. The Morgan fingerprint density at radius 1 is 0.123 bits per heavy atom. The van der Waals surface area contributed by atoms with E-state index in [1.54, 1.807) is 0 Å². The van der Waals surface area contributed by atoms with Crippen molar-refractivity contribution in [1.29, 1.82) is 0 Å². The summed E-state index contributed by atoms with van der Waals surface area (Å²) in [5, 5.41) is 12.4. The van der Waals surface area contributed by atoms with Crippen LogP contribution < -0.4 is 9.80 Å². The van der Waals surface area contributed by atoms with Crippen molar-refractivity contribution in [3.8, 4) is 89.5 Å². The molecule has 0 fully saturated rings. The van der Waals surface area contributed by atoms with Crippen molar-refractivity contribution in [2.24, 2.45) is 0 Å². The predicted molar refractivity (Wildman–Crippen MR) is 550 cm³/mol. The molecule has 130 heavy (non-hydrogen) atoms. The van der Waals surface area contributed by atoms with Crippen molar-refractivity contribution in [2.75, 3.05) is 9.80 Å². The fourth-order valence-corrected chi connectivity index (χ4v) is 19.9. The molecule has 0 N–H and O–H groups in total. The molecule has 4 heterocycles. The van der Waals surface area contributed by atoms with Crippen LogP contribution in [0.1, 0.15) is 0 Å². The topological polar surface area (TPSA) is 26.2 Å². The third kappa shape index (κ3) is 13.6. The maximum Gasteiger partial charge on any atom is 0.0547 e. The first-order chi connectivity index (χ1) is 64.5. The Morgan fingerprint density at radius 3 is 0.677 bits per heavy atom. The molecule has 0 aliphatic heterocycles. The van der Waals surface area contributed by atoms with Crippen molar-refractivity contribution in [2.45, 2.75) is 0 Å². The minimum Gasteiger partial charge on any atom is -0.311 e. The molecule has 0 aliphatic rings. The summed E-state index contributed by atoms with van der Waals surface area (Å²) in [7, 11) is 0. The summed E-state index contributed by atoms with van der Waals surface area (Å²) < 4.78 is 9.54. The predicted octanol–water partition coefficient (Wildman–Crippen LogP) is 33.9. The quantitative estimate of drug-likeness (QED) is 0.0964. The van der Waals surface area contributed by atoms with Gasteiger partial charge in [-0.25, -0.2) is 0 Å². The molecule has 0 spiro atoms. The molecule has 610 valence electrons. The maximum absolute atomic E-state index is 2.42. The van der Waals surface area contributed by atoms with Gasteiger partial charge in [0.1, 0.15) is 0 Å². The van der Waals surface area contributed by atoms with E-state index in [0.717, 1.165) is 56.9 Å². The van der Waals surface area contributed by atoms with E-state index >= 15 is 0 Å². The lowest BCUT2D eigenvalue weighted by Gasteiger charge is -2.28. The molecule has 0 amide bonds. The second-order valence-corrected chi connectivity index (χ2v) is 33.5. The molecule has 0 atom stereocenters. The van der Waals surface area contributed by atoms with Gasteiger partial charge in [-0.3, -0.25) is 0 Å². The largest absolute Gasteiger partial charge is 0.311 e. The number of aromatic nitrogens is 4. The molecule has 6 nitrogen and oxygen atoms in total. The summed E-state index contributed by atoms with van der Waals surface area (Å²) >= 11 is 0. The molecule has 25 rings (SSSR count). The van der Waals surface area contributed by atoms with Crippen LogP contribution in [0.3, 0.4) is 0 Å². The van der Waals surface area contributed by atoms with Crippen LogP contribution in [-0.4, -0.2) is 18.3 Å². The van der Waals surface area contributed by atoms with Crippen LogP contribution in [-0.2, 0) is 0 Å². The van der Waals surface area contributed by atoms with E-state index in [0.29, 0.717) is 0 Å². The summed E-state index contributed by atoms with van der Waals surface area (Å²) in [5.74, 6) is 0. The minimum atomic E-state index is 1.08. The standard InChI is InChI=1S/C64H43N3.C60H41N3/c1-3-15-44(16-4-1)45-27-29-46(30-28-45)47-31-34-50(35-32-47)65(51-36-38-52(39-37-51)66-60-24-12-9-21-56(60)57-22-10-13-25-61(57)66)63-42-41-53(54-19-7-8-20-55(54)63)48-33-40-59-58-23-11-14-26-62(58)67(64(59)43-48)49-17-5-2-6-18-49;1-3-13-42(14-4-1)43-23-25-44(26-24-43)45-27-32-49(33-28-45)61(51-36-38-52(39-37-51)62-57-20-10-7-17-53(57)54-18-8-11-21-58(54)62)50-34-29-46(30-35-50)47-31-40-56-55-19-9-12-22-59(55)63(60(56)41-47)48-15-5-2-6-16-48/h1-43H;1-41H. The minimum absolute atomic E-state index is 1.08. The van der Waals surface area contributed by atoms with E-state index in [1.807, 2.05) is 0 Å². The van der Waals surface area contributed by atoms with Gasteiger partial charge in [0.25, 0.3) is 0 Å². The van der Waals surface area contributed by atoms with Gasteiger partial charge in [-0.05, 0) is 236 Å². The molecule has 21 aromatic carbocycles. The lowest BCUT2D eigenvalue weighted by molar-refractivity contribution is 1.17. The SMILES string of the molecule is c1ccc(-c2ccc(-c3ccc(N(c4ccc(-c5ccc6c7ccccc7n(-c7ccccc7)c6c5)cc4)c4ccc(-n5c6ccccc6c6ccccc65)cc4)cc3)cc2)cc1.c1ccc(-c2ccc(-c3ccc(N(c4ccc(-n5c6ccccc6c6ccccc65)cc4)c4ccc(-c5ccc6c7ccccc7n(-c7ccccc7)c6c5)c5ccccc45)cc3)cc2)cc1. The van der Waals surface area contributed by atoms with Crippen LogP contribution >= 0.6 is 0 Å². The molecule has 0 radical (unpaired) electrons. The van der Waals surface area contributed by atoms with Gasteiger partial charge in [0, 0.05) is 99.7 Å². The molecule has 6 heteroatoms. The summed E-state index contributed by atoms with van der Waals surface area (Å²) in [6.45, 7) is 0. The fraction of sp³-hybridized carbons (Fsp3) is 0. The third-order valence-electron chi connectivity index (χ3n) is 26.1. The van der Waals surface area contributed by atoms with Gasteiger partial charge in [-0.2, -0.15) is 0 Å². The van der Waals surface area contributed by atoms with Crippen molar-refractivity contribution < 1.29 is 0 Å². The lowest BCUT2D eigenvalue weighted by Crippen LogP contribution is -2.11. The highest BCUT2D eigenvalue weighted by molar-refractivity contribution is 6.15. The number of para-hydroxylation sites is 8. The Morgan fingerprint density at radius 2 is 0.338 bits per heavy atom. The van der Waals surface area contributed by atoms with Gasteiger partial charge in [0.05, 0.1) is 49.8 Å². The zero-order valence-corrected chi connectivity index (χ0v) is 71.2. The van der Waals surface area contributed by atoms with Gasteiger partial charge < -0.3 is 28.1 Å². The number of benzene rings is 21. The van der Waals surface area contributed by atoms with Crippen molar-refractivity contribution >= 4 is 132 Å². The van der Waals surface area contributed by atoms with Crippen LogP contribution in [0.2, 0.25) is 0 Å². The zero-order valence-electron chi connectivity index (χ0n) is 71.2. The van der Waals surface area contributed by atoms with Crippen LogP contribution in [0, 0.1) is 0 Å². The summed E-state index contributed by atoms with van der Waals surface area (Å²) in [6, 6.07) is 185. The molecule has 0 bridgehead atoms. The first-order valence-corrected chi connectivity index (χ1v) is 44.6. The lowest BCUT2D eigenvalue weighted by atomic mass is 9.95. The highest BCUT2D eigenvalue weighted by Gasteiger charge is 2.24. The van der Waals surface area contributed by atoms with Gasteiger partial charge in [-0.1, -0.05) is 346 Å². The van der Waals surface area contributed by atoms with Gasteiger partial charge in [0.2, 0.25) is 0 Å². The van der Waals surface area contributed by atoms with Gasteiger partial charge in [-0.15, -0.1) is 0 Å². The Hall–Kier alpha value is -17.3. The Labute approximate surface area is 754 Å². The first-order valence-electron chi connectivity index (χ1n) is 44.6. The van der Waals surface area contributed by atoms with Crippen LogP contribution in [0.4, 0.5) is 34.1 Å². The van der Waals surface area contributed by atoms with E-state index in [4.69, 9.17) is 0 Å². The number of nitrogens with zero attached hydrogens (tertiary/aromatic N) is 6. The summed E-state index contributed by atoms with van der Waals surface area (Å²) in [6.07, 6.45) is 0. The molecule has 0 saturated heterocycles. The van der Waals surface area contributed by atoms with Crippen molar-refractivity contribution in [1.82, 2.24) is 18.3 Å². The maximum atomic E-state index is 2.42. The Balaban J connectivity index is 0.000000144. The highest BCUT2D eigenvalue weighted by Crippen LogP contribution is 2.47. The summed E-state index contributed by atoms with van der Waals surface area (Å²) in [5.41, 5.74) is 35.0. The van der Waals surface area contributed by atoms with Crippen molar-refractivity contribution in [3.05, 3.63) is 510 Å². The van der Waals surface area contributed by atoms with Crippen LogP contribution in [0.15, 0.2) is 510 Å². The van der Waals surface area contributed by atoms with E-state index in [9.17, 15) is 0 Å². The van der Waals surface area contributed by atoms with E-state index in [-0.39, 0.29) is 0 Å². The average Bonchev–Trinajstić information content (AvgIpc) is 1.14. The smallest absolute Gasteiger partial charge is 0.0547 e. The molecule has 0 aliphatic carbocycles. The number of anilines is 6. The van der Waals surface area contributed by atoms with Crippen LogP contribution in [0.25, 0.3) is 188 Å². The fourth-order valence-electron chi connectivity index (χ4n) is 19.9. The van der Waals surface area contributed by atoms with Crippen molar-refractivity contribution in [3.63, 3.8) is 0 Å². The van der Waals surface area contributed by atoms with E-state index in [1.165, 1.54) is 165 Å². The molecule has 25 aromatic rings. The number of rotatable bonds is 16. The van der Waals surface area contributed by atoms with Crippen LogP contribution in [0.5, 0.6) is 0 Å². The van der Waals surface area contributed by atoms with E-state index < -0.39 is 0 Å². The van der Waals surface area contributed by atoms with Gasteiger partial charge >= 0.3 is 0 Å². The number of hydrogen-bond acceptors (Lipinski definition) is 2. The molecule has 4 aromatic heterocycles. The Kier molecular flexibility index (Phi) is 19.2.